The maximum absolute atomic E-state index is 6.21. The van der Waals surface area contributed by atoms with Crippen LogP contribution in [0.4, 0.5) is 0 Å². The molecule has 0 aliphatic heterocycles. The summed E-state index contributed by atoms with van der Waals surface area (Å²) in [6, 6.07) is 0.283. The largest absolute Gasteiger partial charge is 0.374 e. The van der Waals surface area contributed by atoms with Crippen LogP contribution < -0.4 is 11.3 Å². The molecule has 1 atom stereocenters. The molecule has 0 aromatic rings. The Morgan fingerprint density at radius 2 is 1.68 bits per heavy atom. The highest BCUT2D eigenvalue weighted by Gasteiger charge is 2.44. The van der Waals surface area contributed by atoms with Gasteiger partial charge < -0.3 is 4.74 Å². The van der Waals surface area contributed by atoms with E-state index in [1.807, 2.05) is 0 Å². The molecule has 3 nitrogen and oxygen atoms in total. The third-order valence-corrected chi connectivity index (χ3v) is 4.75. The second-order valence-corrected chi connectivity index (χ2v) is 7.35. The quantitative estimate of drug-likeness (QED) is 0.548. The summed E-state index contributed by atoms with van der Waals surface area (Å²) in [6.45, 7) is 12.1. The number of rotatable bonds is 7. The van der Waals surface area contributed by atoms with E-state index in [4.69, 9.17) is 10.6 Å². The van der Waals surface area contributed by atoms with Crippen LogP contribution in [0.3, 0.4) is 0 Å². The van der Waals surface area contributed by atoms with Gasteiger partial charge in [0.05, 0.1) is 11.6 Å². The molecule has 0 aromatic heterocycles. The van der Waals surface area contributed by atoms with Gasteiger partial charge in [-0.3, -0.25) is 11.3 Å². The first kappa shape index (κ1) is 16.9. The third kappa shape index (κ3) is 4.73. The molecule has 0 bridgehead atoms. The van der Waals surface area contributed by atoms with Crippen LogP contribution in [-0.2, 0) is 4.74 Å². The predicted octanol–water partition coefficient (Wildman–Crippen LogP) is 3.63. The molecule has 0 spiro atoms. The molecule has 114 valence electrons. The van der Waals surface area contributed by atoms with Crippen LogP contribution in [0, 0.1) is 11.3 Å². The molecule has 0 aromatic carbocycles. The lowest BCUT2D eigenvalue weighted by molar-refractivity contribution is -0.108. The normalized spacial score (nSPS) is 23.5. The fourth-order valence-electron chi connectivity index (χ4n) is 3.23. The van der Waals surface area contributed by atoms with Gasteiger partial charge in [-0.1, -0.05) is 27.7 Å². The van der Waals surface area contributed by atoms with Crippen molar-refractivity contribution in [1.29, 1.82) is 0 Å². The molecule has 3 heteroatoms. The number of hydrogen-bond acceptors (Lipinski definition) is 3. The van der Waals surface area contributed by atoms with Crippen molar-refractivity contribution >= 4 is 0 Å². The van der Waals surface area contributed by atoms with E-state index in [9.17, 15) is 0 Å². The Morgan fingerprint density at radius 1 is 1.11 bits per heavy atom. The highest BCUT2D eigenvalue weighted by molar-refractivity contribution is 4.98. The van der Waals surface area contributed by atoms with E-state index < -0.39 is 0 Å². The minimum Gasteiger partial charge on any atom is -0.374 e. The maximum atomic E-state index is 6.21. The highest BCUT2D eigenvalue weighted by Crippen LogP contribution is 2.44. The molecular formula is C16H34N2O. The zero-order valence-corrected chi connectivity index (χ0v) is 13.6. The molecule has 1 saturated carbocycles. The average molecular weight is 270 g/mol. The Balaban J connectivity index is 2.73. The summed E-state index contributed by atoms with van der Waals surface area (Å²) >= 11 is 0. The van der Waals surface area contributed by atoms with E-state index in [0.717, 1.165) is 31.8 Å². The van der Waals surface area contributed by atoms with Gasteiger partial charge in [0.15, 0.2) is 0 Å². The first-order valence-corrected chi connectivity index (χ1v) is 7.95. The topological polar surface area (TPSA) is 47.3 Å². The lowest BCUT2D eigenvalue weighted by Crippen LogP contribution is -2.57. The molecule has 1 rings (SSSR count). The summed E-state index contributed by atoms with van der Waals surface area (Å²) in [5, 5.41) is 0. The number of nitrogens with two attached hydrogens (primary N) is 1. The minimum absolute atomic E-state index is 0.0477. The first-order valence-electron chi connectivity index (χ1n) is 7.95. The Hall–Kier alpha value is -0.120. The molecule has 19 heavy (non-hydrogen) atoms. The SMILES string of the molecule is CCOC1(C(CCC(C)C)NN)CCC(C)(C)CC1. The molecule has 3 N–H and O–H groups in total. The van der Waals surface area contributed by atoms with Gasteiger partial charge in [-0.25, -0.2) is 0 Å². The predicted molar refractivity (Wildman–Crippen MR) is 81.8 cm³/mol. The maximum Gasteiger partial charge on any atom is 0.0848 e. The summed E-state index contributed by atoms with van der Waals surface area (Å²) in [7, 11) is 0. The van der Waals surface area contributed by atoms with Crippen molar-refractivity contribution in [3.8, 4) is 0 Å². The van der Waals surface area contributed by atoms with Gasteiger partial charge in [-0.15, -0.1) is 0 Å². The first-order chi connectivity index (χ1) is 8.85. The number of hydrazine groups is 1. The second-order valence-electron chi connectivity index (χ2n) is 7.35. The molecular weight excluding hydrogens is 236 g/mol. The Kier molecular flexibility index (Phi) is 6.28. The molecule has 0 radical (unpaired) electrons. The van der Waals surface area contributed by atoms with Crippen LogP contribution in [-0.4, -0.2) is 18.2 Å². The molecule has 1 fully saturated rings. The Bertz CT molecular complexity index is 253. The van der Waals surface area contributed by atoms with Crippen molar-refractivity contribution in [2.45, 2.75) is 84.8 Å². The van der Waals surface area contributed by atoms with Gasteiger partial charge in [-0.2, -0.15) is 0 Å². The molecule has 0 amide bonds. The lowest BCUT2D eigenvalue weighted by atomic mass is 9.67. The van der Waals surface area contributed by atoms with Gasteiger partial charge in [0.1, 0.15) is 0 Å². The molecule has 0 heterocycles. The van der Waals surface area contributed by atoms with E-state index in [0.29, 0.717) is 5.41 Å². The van der Waals surface area contributed by atoms with Crippen molar-refractivity contribution in [2.24, 2.45) is 17.2 Å². The average Bonchev–Trinajstić information content (AvgIpc) is 2.33. The van der Waals surface area contributed by atoms with E-state index in [1.54, 1.807) is 0 Å². The summed E-state index contributed by atoms with van der Waals surface area (Å²) < 4.78 is 6.21. The van der Waals surface area contributed by atoms with Gasteiger partial charge >= 0.3 is 0 Å². The lowest BCUT2D eigenvalue weighted by Gasteiger charge is -2.47. The summed E-state index contributed by atoms with van der Waals surface area (Å²) in [6.07, 6.45) is 7.02. The van der Waals surface area contributed by atoms with E-state index >= 15 is 0 Å². The molecule has 1 aliphatic carbocycles. The van der Waals surface area contributed by atoms with E-state index in [-0.39, 0.29) is 11.6 Å². The standard InChI is InChI=1S/C16H34N2O/c1-6-19-16(11-9-15(4,5)10-12-16)14(18-17)8-7-13(2)3/h13-14,18H,6-12,17H2,1-5H3. The van der Waals surface area contributed by atoms with Gasteiger partial charge in [0.2, 0.25) is 0 Å². The van der Waals surface area contributed by atoms with E-state index in [2.05, 4.69) is 40.0 Å². The molecule has 0 saturated heterocycles. The fourth-order valence-corrected chi connectivity index (χ4v) is 3.23. The monoisotopic (exact) mass is 270 g/mol. The van der Waals surface area contributed by atoms with Crippen LogP contribution in [0.5, 0.6) is 0 Å². The van der Waals surface area contributed by atoms with Gasteiger partial charge in [-0.05, 0) is 56.8 Å². The van der Waals surface area contributed by atoms with Crippen LogP contribution in [0.15, 0.2) is 0 Å². The highest BCUT2D eigenvalue weighted by atomic mass is 16.5. The number of ether oxygens (including phenoxy) is 1. The van der Waals surface area contributed by atoms with Crippen LogP contribution in [0.25, 0.3) is 0 Å². The van der Waals surface area contributed by atoms with Crippen molar-refractivity contribution in [2.75, 3.05) is 6.61 Å². The smallest absolute Gasteiger partial charge is 0.0848 e. The zero-order valence-electron chi connectivity index (χ0n) is 13.6. The van der Waals surface area contributed by atoms with Crippen molar-refractivity contribution < 1.29 is 4.74 Å². The zero-order chi connectivity index (χ0) is 14.5. The van der Waals surface area contributed by atoms with Crippen LogP contribution in [0.2, 0.25) is 0 Å². The summed E-state index contributed by atoms with van der Waals surface area (Å²) in [5.41, 5.74) is 3.46. The van der Waals surface area contributed by atoms with E-state index in [1.165, 1.54) is 19.3 Å². The Labute approximate surface area is 119 Å². The van der Waals surface area contributed by atoms with Crippen LogP contribution >= 0.6 is 0 Å². The van der Waals surface area contributed by atoms with Crippen molar-refractivity contribution in [1.82, 2.24) is 5.43 Å². The fraction of sp³-hybridized carbons (Fsp3) is 1.00. The Morgan fingerprint density at radius 3 is 2.11 bits per heavy atom. The number of nitrogens with one attached hydrogen (secondary N) is 1. The molecule has 1 aliphatic rings. The molecule has 1 unspecified atom stereocenters. The third-order valence-electron chi connectivity index (χ3n) is 4.75. The van der Waals surface area contributed by atoms with Crippen molar-refractivity contribution in [3.63, 3.8) is 0 Å². The van der Waals surface area contributed by atoms with Crippen LogP contribution in [0.1, 0.15) is 73.1 Å². The van der Waals surface area contributed by atoms with Gasteiger partial charge in [0.25, 0.3) is 0 Å². The number of hydrogen-bond donors (Lipinski definition) is 2. The summed E-state index contributed by atoms with van der Waals surface area (Å²) in [4.78, 5) is 0. The van der Waals surface area contributed by atoms with Gasteiger partial charge in [0, 0.05) is 6.61 Å². The minimum atomic E-state index is -0.0477. The van der Waals surface area contributed by atoms with Crippen molar-refractivity contribution in [3.05, 3.63) is 0 Å². The second kappa shape index (κ2) is 7.05. The summed E-state index contributed by atoms with van der Waals surface area (Å²) in [5.74, 6) is 6.56.